The van der Waals surface area contributed by atoms with Crippen LogP contribution in [0, 0.1) is 0 Å². The number of hydrogen-bond acceptors (Lipinski definition) is 5. The molecule has 114 valence electrons. The van der Waals surface area contributed by atoms with Gasteiger partial charge in [0.05, 0.1) is 10.6 Å². The zero-order valence-electron chi connectivity index (χ0n) is 10.6. The lowest BCUT2D eigenvalue weighted by Gasteiger charge is -2.03. The highest BCUT2D eigenvalue weighted by atomic mass is 32.2. The Bertz CT molecular complexity index is 774. The molecule has 0 bridgehead atoms. The molecule has 0 spiro atoms. The second-order valence-electron chi connectivity index (χ2n) is 3.80. The number of nitrogen functional groups attached to an aromatic ring is 1. The van der Waals surface area contributed by atoms with E-state index in [9.17, 15) is 16.8 Å². The molecule has 4 N–H and O–H groups in total. The summed E-state index contributed by atoms with van der Waals surface area (Å²) in [5, 5.41) is 0. The van der Waals surface area contributed by atoms with Crippen LogP contribution in [0.5, 0.6) is 0 Å². The fourth-order valence-corrected chi connectivity index (χ4v) is 2.42. The molecule has 2 aromatic carbocycles. The Morgan fingerprint density at radius 2 is 1.19 bits per heavy atom. The smallest absolute Gasteiger partial charge is 0.296 e. The van der Waals surface area contributed by atoms with Crippen molar-refractivity contribution in [2.24, 2.45) is 0 Å². The Labute approximate surface area is 122 Å². The van der Waals surface area contributed by atoms with Crippen LogP contribution in [0.3, 0.4) is 0 Å². The number of nitrogens with two attached hydrogens (primary N) is 1. The molecule has 0 saturated heterocycles. The highest BCUT2D eigenvalue weighted by Gasteiger charge is 2.17. The molecule has 0 aliphatic rings. The Hall–Kier alpha value is -1.94. The first-order chi connectivity index (χ1) is 9.62. The molecule has 2 aromatic rings. The van der Waals surface area contributed by atoms with E-state index in [-0.39, 0.29) is 0 Å². The van der Waals surface area contributed by atoms with Gasteiger partial charge in [0.25, 0.3) is 20.2 Å². The van der Waals surface area contributed by atoms with Crippen molar-refractivity contribution in [2.45, 2.75) is 9.79 Å². The first kappa shape index (κ1) is 17.1. The van der Waals surface area contributed by atoms with E-state index in [1.54, 1.807) is 0 Å². The molecule has 9 heteroatoms. The molecule has 0 amide bonds. The third-order valence-corrected chi connectivity index (χ3v) is 4.00. The Morgan fingerprint density at radius 1 is 0.762 bits per heavy atom. The van der Waals surface area contributed by atoms with Crippen molar-refractivity contribution in [3.63, 3.8) is 0 Å². The number of anilines is 1. The molecule has 0 aromatic heterocycles. The summed E-state index contributed by atoms with van der Waals surface area (Å²) in [5.74, 6) is 0. The zero-order chi connectivity index (χ0) is 16.1. The van der Waals surface area contributed by atoms with Crippen molar-refractivity contribution in [1.29, 1.82) is 0 Å². The average Bonchev–Trinajstić information content (AvgIpc) is 2.39. The molecule has 0 aliphatic carbocycles. The molecular formula is C12H13NO6S2. The summed E-state index contributed by atoms with van der Waals surface area (Å²) in [6.45, 7) is 0. The lowest BCUT2D eigenvalue weighted by Crippen LogP contribution is -2.05. The summed E-state index contributed by atoms with van der Waals surface area (Å²) in [4.78, 5) is -1.16. The topological polar surface area (TPSA) is 135 Å². The van der Waals surface area contributed by atoms with E-state index < -0.39 is 35.7 Å². The third-order valence-electron chi connectivity index (χ3n) is 2.22. The fraction of sp³-hybridized carbons (Fsp3) is 0. The van der Waals surface area contributed by atoms with E-state index in [4.69, 9.17) is 14.8 Å². The maximum Gasteiger partial charge on any atom is 0.296 e. The maximum absolute atomic E-state index is 10.7. The second kappa shape index (κ2) is 6.68. The van der Waals surface area contributed by atoms with Crippen molar-refractivity contribution in [3.8, 4) is 0 Å². The van der Waals surface area contributed by atoms with Gasteiger partial charge in [-0.15, -0.1) is 0 Å². The van der Waals surface area contributed by atoms with Crippen molar-refractivity contribution in [2.75, 3.05) is 5.73 Å². The van der Waals surface area contributed by atoms with Crippen LogP contribution in [0.4, 0.5) is 5.69 Å². The Kier molecular flexibility index (Phi) is 5.44. The highest BCUT2D eigenvalue weighted by Crippen LogP contribution is 2.21. The summed E-state index contributed by atoms with van der Waals surface area (Å²) in [6.07, 6.45) is 0. The summed E-state index contributed by atoms with van der Waals surface area (Å²) in [5.41, 5.74) is 4.72. The molecule has 2 rings (SSSR count). The van der Waals surface area contributed by atoms with Gasteiger partial charge in [-0.3, -0.25) is 9.11 Å². The number of rotatable bonds is 2. The average molecular weight is 331 g/mol. The number of benzene rings is 2. The van der Waals surface area contributed by atoms with E-state index in [1.165, 1.54) is 0 Å². The minimum absolute atomic E-state index is 0.465. The van der Waals surface area contributed by atoms with Gasteiger partial charge >= 0.3 is 0 Å². The number of hydrogen-bond donors (Lipinski definition) is 3. The van der Waals surface area contributed by atoms with Crippen molar-refractivity contribution < 1.29 is 25.9 Å². The van der Waals surface area contributed by atoms with Crippen LogP contribution >= 0.6 is 0 Å². The van der Waals surface area contributed by atoms with Crippen LogP contribution < -0.4 is 5.73 Å². The predicted molar refractivity (Wildman–Crippen MR) is 76.9 cm³/mol. The molecule has 0 atom stereocenters. The monoisotopic (exact) mass is 331 g/mol. The van der Waals surface area contributed by atoms with Gasteiger partial charge in [-0.1, -0.05) is 36.4 Å². The molecule has 21 heavy (non-hydrogen) atoms. The maximum atomic E-state index is 10.7. The first-order valence-corrected chi connectivity index (χ1v) is 8.35. The molecular weight excluding hydrogens is 318 g/mol. The molecule has 0 heterocycles. The summed E-state index contributed by atoms with van der Waals surface area (Å²) in [6, 6.07) is 14.3. The van der Waals surface area contributed by atoms with Gasteiger partial charge in [-0.25, -0.2) is 0 Å². The van der Waals surface area contributed by atoms with Gasteiger partial charge < -0.3 is 5.73 Å². The summed E-state index contributed by atoms with van der Waals surface area (Å²) < 4.78 is 59.9. The minimum Gasteiger partial charge on any atom is -0.398 e. The predicted octanol–water partition coefficient (Wildman–Crippen LogP) is 1.45. The Balaban J connectivity index is 0.000000304. The summed E-state index contributed by atoms with van der Waals surface area (Å²) in [7, 11) is -8.94. The van der Waals surface area contributed by atoms with Crippen LogP contribution in [0.25, 0.3) is 0 Å². The van der Waals surface area contributed by atoms with Crippen LogP contribution in [0.2, 0.25) is 0 Å². The van der Waals surface area contributed by atoms with E-state index >= 15 is 0 Å². The highest BCUT2D eigenvalue weighted by molar-refractivity contribution is 7.86. The Morgan fingerprint density at radius 3 is 1.48 bits per heavy atom. The van der Waals surface area contributed by atoms with Crippen LogP contribution in [-0.4, -0.2) is 25.9 Å². The second-order valence-corrected chi connectivity index (χ2v) is 6.62. The van der Waals surface area contributed by atoms with E-state index in [1.807, 2.05) is 36.4 Å². The van der Waals surface area contributed by atoms with Crippen molar-refractivity contribution >= 4 is 25.9 Å². The molecule has 7 nitrogen and oxygen atoms in total. The molecule has 0 aliphatic heterocycles. The lowest BCUT2D eigenvalue weighted by atomic mass is 10.3. The fourth-order valence-electron chi connectivity index (χ4n) is 1.31. The quantitative estimate of drug-likeness (QED) is 0.560. The summed E-state index contributed by atoms with van der Waals surface area (Å²) >= 11 is 0. The lowest BCUT2D eigenvalue weighted by molar-refractivity contribution is 0.479. The van der Waals surface area contributed by atoms with Gasteiger partial charge in [-0.05, 0) is 18.2 Å². The van der Waals surface area contributed by atoms with Crippen molar-refractivity contribution in [3.05, 3.63) is 54.6 Å². The van der Waals surface area contributed by atoms with Gasteiger partial charge in [0.15, 0.2) is 0 Å². The first-order valence-electron chi connectivity index (χ1n) is 5.47. The SMILES string of the molecule is Nc1cc(S(=O)(=O)O)ccc1S(=O)(=O)O.c1ccccc1. The van der Waals surface area contributed by atoms with E-state index in [0.717, 1.165) is 18.2 Å². The molecule has 0 radical (unpaired) electrons. The largest absolute Gasteiger partial charge is 0.398 e. The van der Waals surface area contributed by atoms with Gasteiger partial charge in [0, 0.05) is 0 Å². The molecule has 0 unspecified atom stereocenters. The van der Waals surface area contributed by atoms with Crippen LogP contribution in [-0.2, 0) is 20.2 Å². The van der Waals surface area contributed by atoms with Crippen molar-refractivity contribution in [1.82, 2.24) is 0 Å². The van der Waals surface area contributed by atoms with Gasteiger partial charge in [0.1, 0.15) is 4.90 Å². The molecule has 0 fully saturated rings. The normalized spacial score (nSPS) is 11.3. The van der Waals surface area contributed by atoms with Gasteiger partial charge in [0.2, 0.25) is 0 Å². The zero-order valence-corrected chi connectivity index (χ0v) is 12.3. The van der Waals surface area contributed by atoms with Gasteiger partial charge in [-0.2, -0.15) is 16.8 Å². The van der Waals surface area contributed by atoms with Crippen LogP contribution in [0.15, 0.2) is 64.4 Å². The van der Waals surface area contributed by atoms with Crippen LogP contribution in [0.1, 0.15) is 0 Å². The minimum atomic E-state index is -4.50. The van der Waals surface area contributed by atoms with E-state index in [0.29, 0.717) is 0 Å². The standard InChI is InChI=1S/C6H7NO6S2.C6H6/c7-5-3-4(14(8,9)10)1-2-6(5)15(11,12)13;1-2-4-6-5-3-1/h1-3H,7H2,(H,8,9,10)(H,11,12,13);1-6H. The third kappa shape index (κ3) is 5.52. The van der Waals surface area contributed by atoms with E-state index in [2.05, 4.69) is 0 Å². The molecule has 0 saturated carbocycles.